The van der Waals surface area contributed by atoms with Gasteiger partial charge in [-0.25, -0.2) is 0 Å². The maximum Gasteiger partial charge on any atom is 0.231 e. The van der Waals surface area contributed by atoms with Gasteiger partial charge in [-0.15, -0.1) is 6.58 Å². The van der Waals surface area contributed by atoms with E-state index in [1.54, 1.807) is 0 Å². The Morgan fingerprint density at radius 3 is 2.86 bits per heavy atom. The maximum atomic E-state index is 5.28. The predicted octanol–water partition coefficient (Wildman–Crippen LogP) is 2.62. The van der Waals surface area contributed by atoms with Gasteiger partial charge in [0.2, 0.25) is 6.79 Å². The van der Waals surface area contributed by atoms with E-state index in [1.807, 2.05) is 18.2 Å². The first kappa shape index (κ1) is 9.64. The topological polar surface area (TPSA) is 30.5 Å². The number of hydrogen-bond acceptors (Lipinski definition) is 3. The van der Waals surface area contributed by atoms with Crippen molar-refractivity contribution in [1.29, 1.82) is 0 Å². The average molecular weight is 303 g/mol. The molecule has 0 radical (unpaired) electrons. The highest BCUT2D eigenvalue weighted by atomic mass is 127. The molecule has 14 heavy (non-hydrogen) atoms. The van der Waals surface area contributed by atoms with Gasteiger partial charge in [0.25, 0.3) is 0 Å². The van der Waals surface area contributed by atoms with Crippen LogP contribution in [0.4, 0.5) is 5.69 Å². The molecule has 1 aliphatic heterocycles. The second-order valence-electron chi connectivity index (χ2n) is 2.85. The van der Waals surface area contributed by atoms with Crippen molar-refractivity contribution in [3.8, 4) is 11.5 Å². The molecule has 4 heteroatoms. The zero-order valence-electron chi connectivity index (χ0n) is 7.55. The molecule has 0 aliphatic carbocycles. The van der Waals surface area contributed by atoms with Gasteiger partial charge < -0.3 is 14.8 Å². The fraction of sp³-hybridized carbons (Fsp3) is 0.200. The minimum Gasteiger partial charge on any atom is -0.454 e. The monoisotopic (exact) mass is 303 g/mol. The molecular formula is C10H10INO2. The molecule has 0 saturated carbocycles. The van der Waals surface area contributed by atoms with Crippen molar-refractivity contribution >= 4 is 28.3 Å². The number of benzene rings is 1. The molecule has 1 aromatic rings. The molecule has 3 nitrogen and oxygen atoms in total. The van der Waals surface area contributed by atoms with Crippen LogP contribution < -0.4 is 14.8 Å². The van der Waals surface area contributed by atoms with E-state index in [9.17, 15) is 0 Å². The second kappa shape index (κ2) is 4.08. The Kier molecular flexibility index (Phi) is 2.81. The summed E-state index contributed by atoms with van der Waals surface area (Å²) < 4.78 is 11.7. The van der Waals surface area contributed by atoms with E-state index in [-0.39, 0.29) is 0 Å². The van der Waals surface area contributed by atoms with Crippen molar-refractivity contribution in [3.05, 3.63) is 28.4 Å². The first-order chi connectivity index (χ1) is 6.81. The molecule has 0 fully saturated rings. The molecule has 0 atom stereocenters. The zero-order chi connectivity index (χ0) is 9.97. The minimum absolute atomic E-state index is 0.316. The van der Waals surface area contributed by atoms with Gasteiger partial charge in [-0.2, -0.15) is 0 Å². The van der Waals surface area contributed by atoms with Gasteiger partial charge in [-0.05, 0) is 28.7 Å². The summed E-state index contributed by atoms with van der Waals surface area (Å²) in [5.41, 5.74) is 1.05. The Morgan fingerprint density at radius 1 is 1.43 bits per heavy atom. The summed E-state index contributed by atoms with van der Waals surface area (Å²) in [5.74, 6) is 1.62. The van der Waals surface area contributed by atoms with E-state index in [4.69, 9.17) is 9.47 Å². The molecule has 1 heterocycles. The van der Waals surface area contributed by atoms with Gasteiger partial charge >= 0.3 is 0 Å². The second-order valence-corrected chi connectivity index (χ2v) is 4.02. The number of fused-ring (bicyclic) bond motifs is 1. The molecule has 0 saturated heterocycles. The van der Waals surface area contributed by atoms with E-state index < -0.39 is 0 Å². The largest absolute Gasteiger partial charge is 0.454 e. The number of anilines is 1. The van der Waals surface area contributed by atoms with Gasteiger partial charge in [0.1, 0.15) is 0 Å². The highest BCUT2D eigenvalue weighted by Crippen LogP contribution is 2.37. The lowest BCUT2D eigenvalue weighted by Crippen LogP contribution is -1.99. The lowest BCUT2D eigenvalue weighted by molar-refractivity contribution is 0.174. The highest BCUT2D eigenvalue weighted by molar-refractivity contribution is 14.1. The van der Waals surface area contributed by atoms with Crippen molar-refractivity contribution in [2.45, 2.75) is 0 Å². The minimum atomic E-state index is 0.316. The Morgan fingerprint density at radius 2 is 2.14 bits per heavy atom. The Bertz CT molecular complexity index is 365. The van der Waals surface area contributed by atoms with E-state index in [0.29, 0.717) is 6.79 Å². The van der Waals surface area contributed by atoms with E-state index in [1.165, 1.54) is 0 Å². The lowest BCUT2D eigenvalue weighted by atomic mass is 10.3. The molecule has 0 amide bonds. The molecule has 1 aliphatic rings. The third-order valence-corrected chi connectivity index (χ3v) is 2.79. The molecule has 74 valence electrons. The fourth-order valence-electron chi connectivity index (χ4n) is 1.23. The Balaban J connectivity index is 2.27. The van der Waals surface area contributed by atoms with Crippen LogP contribution in [0, 0.1) is 3.57 Å². The Labute approximate surface area is 96.2 Å². The molecular weight excluding hydrogens is 293 g/mol. The normalized spacial score (nSPS) is 12.6. The van der Waals surface area contributed by atoms with Crippen LogP contribution in [0.1, 0.15) is 0 Å². The van der Waals surface area contributed by atoms with Crippen LogP contribution in [0.2, 0.25) is 0 Å². The Hall–Kier alpha value is -0.910. The standard InChI is InChI=1S/C10H10INO2/c1-2-3-12-8-5-10-9(4-7(8)11)13-6-14-10/h2,4-5,12H,1,3,6H2. The molecule has 0 bridgehead atoms. The molecule has 0 spiro atoms. The van der Waals surface area contributed by atoms with Crippen molar-refractivity contribution < 1.29 is 9.47 Å². The van der Waals surface area contributed by atoms with Gasteiger partial charge in [0.05, 0.1) is 5.69 Å². The zero-order valence-corrected chi connectivity index (χ0v) is 9.71. The molecule has 0 unspecified atom stereocenters. The summed E-state index contributed by atoms with van der Waals surface area (Å²) in [6.45, 7) is 4.72. The summed E-state index contributed by atoms with van der Waals surface area (Å²) in [4.78, 5) is 0. The first-order valence-electron chi connectivity index (χ1n) is 4.25. The van der Waals surface area contributed by atoms with E-state index in [0.717, 1.165) is 27.3 Å². The van der Waals surface area contributed by atoms with Gasteiger partial charge in [0, 0.05) is 16.2 Å². The SMILES string of the molecule is C=CCNc1cc2c(cc1I)OCO2. The maximum absolute atomic E-state index is 5.28. The summed E-state index contributed by atoms with van der Waals surface area (Å²) in [6, 6.07) is 3.92. The smallest absolute Gasteiger partial charge is 0.231 e. The van der Waals surface area contributed by atoms with Crippen LogP contribution in [0.3, 0.4) is 0 Å². The lowest BCUT2D eigenvalue weighted by Gasteiger charge is -2.07. The third-order valence-electron chi connectivity index (χ3n) is 1.90. The number of nitrogens with one attached hydrogen (secondary N) is 1. The summed E-state index contributed by atoms with van der Waals surface area (Å²) in [7, 11) is 0. The predicted molar refractivity (Wildman–Crippen MR) is 64.0 cm³/mol. The summed E-state index contributed by atoms with van der Waals surface area (Å²) in [6.07, 6.45) is 1.82. The van der Waals surface area contributed by atoms with Gasteiger partial charge in [-0.3, -0.25) is 0 Å². The van der Waals surface area contributed by atoms with Crippen molar-refractivity contribution in [2.75, 3.05) is 18.7 Å². The number of halogens is 1. The first-order valence-corrected chi connectivity index (χ1v) is 5.33. The van der Waals surface area contributed by atoms with Crippen LogP contribution >= 0.6 is 22.6 Å². The van der Waals surface area contributed by atoms with Crippen molar-refractivity contribution in [1.82, 2.24) is 0 Å². The average Bonchev–Trinajstić information content (AvgIpc) is 2.61. The van der Waals surface area contributed by atoms with Crippen LogP contribution in [0.15, 0.2) is 24.8 Å². The van der Waals surface area contributed by atoms with Gasteiger partial charge in [0.15, 0.2) is 11.5 Å². The number of ether oxygens (including phenoxy) is 2. The quantitative estimate of drug-likeness (QED) is 0.688. The molecule has 1 N–H and O–H groups in total. The fourth-order valence-corrected chi connectivity index (χ4v) is 1.86. The van der Waals surface area contributed by atoms with Gasteiger partial charge in [-0.1, -0.05) is 6.08 Å². The van der Waals surface area contributed by atoms with E-state index in [2.05, 4.69) is 34.5 Å². The van der Waals surface area contributed by atoms with Crippen molar-refractivity contribution in [3.63, 3.8) is 0 Å². The number of rotatable bonds is 3. The van der Waals surface area contributed by atoms with Crippen LogP contribution in [-0.2, 0) is 0 Å². The number of hydrogen-bond donors (Lipinski definition) is 1. The summed E-state index contributed by atoms with van der Waals surface area (Å²) >= 11 is 2.26. The van der Waals surface area contributed by atoms with Crippen molar-refractivity contribution in [2.24, 2.45) is 0 Å². The van der Waals surface area contributed by atoms with Crippen LogP contribution in [0.5, 0.6) is 11.5 Å². The van der Waals surface area contributed by atoms with Crippen LogP contribution in [0.25, 0.3) is 0 Å². The third kappa shape index (κ3) is 1.79. The van der Waals surface area contributed by atoms with Crippen LogP contribution in [-0.4, -0.2) is 13.3 Å². The van der Waals surface area contributed by atoms with E-state index >= 15 is 0 Å². The molecule has 0 aromatic heterocycles. The summed E-state index contributed by atoms with van der Waals surface area (Å²) in [5, 5.41) is 3.23. The molecule has 2 rings (SSSR count). The highest BCUT2D eigenvalue weighted by Gasteiger charge is 2.15. The molecule has 1 aromatic carbocycles.